The van der Waals surface area contributed by atoms with Crippen LogP contribution in [0.25, 0.3) is 22.3 Å². The number of aliphatic hydroxyl groups is 2. The van der Waals surface area contributed by atoms with Crippen molar-refractivity contribution in [3.05, 3.63) is 37.5 Å². The summed E-state index contributed by atoms with van der Waals surface area (Å²) in [7, 11) is 0. The van der Waals surface area contributed by atoms with Crippen molar-refractivity contribution in [3.8, 4) is 0 Å². The number of ether oxygens (including phenoxy) is 2. The molecule has 0 saturated carbocycles. The third-order valence-corrected chi connectivity index (χ3v) is 6.87. The van der Waals surface area contributed by atoms with Gasteiger partial charge in [0, 0.05) is 19.5 Å². The Hall–Kier alpha value is -3.79. The molecule has 0 aromatic carbocycles. The van der Waals surface area contributed by atoms with Gasteiger partial charge in [0.2, 0.25) is 0 Å². The van der Waals surface area contributed by atoms with Gasteiger partial charge in [0.05, 0.1) is 38.1 Å². The molecule has 4 aromatic heterocycles. The number of nitrogens with zero attached hydrogens (tertiary/aromatic N) is 8. The molecule has 2 fully saturated rings. The maximum Gasteiger partial charge on any atom is 0.168 e. The van der Waals surface area contributed by atoms with Crippen LogP contribution < -0.4 is 10.6 Å². The summed E-state index contributed by atoms with van der Waals surface area (Å²) in [4.78, 5) is 26.0. The fourth-order valence-corrected chi connectivity index (χ4v) is 4.93. The summed E-state index contributed by atoms with van der Waals surface area (Å²) in [6.45, 7) is 0.735. The van der Waals surface area contributed by atoms with Gasteiger partial charge in [0.25, 0.3) is 0 Å². The van der Waals surface area contributed by atoms with Crippen LogP contribution in [0.5, 0.6) is 0 Å². The van der Waals surface area contributed by atoms with Crippen molar-refractivity contribution in [2.24, 2.45) is 0 Å². The quantitative estimate of drug-likeness (QED) is 0.213. The van der Waals surface area contributed by atoms with Crippen LogP contribution in [0, 0.1) is 0 Å². The van der Waals surface area contributed by atoms with Crippen LogP contribution in [-0.4, -0.2) is 93.9 Å². The van der Waals surface area contributed by atoms with Crippen molar-refractivity contribution < 1.29 is 24.1 Å². The molecule has 6 heterocycles. The number of hydrogen-bond donors (Lipinski definition) is 4. The number of alkyl halides is 1. The number of fused-ring (bicyclic) bond motifs is 2. The van der Waals surface area contributed by atoms with Crippen LogP contribution in [0.4, 0.5) is 16.0 Å². The smallest absolute Gasteiger partial charge is 0.168 e. The van der Waals surface area contributed by atoms with Crippen molar-refractivity contribution >= 4 is 34.0 Å². The van der Waals surface area contributed by atoms with E-state index in [-0.39, 0.29) is 32.0 Å². The van der Waals surface area contributed by atoms with Crippen molar-refractivity contribution in [3.63, 3.8) is 0 Å². The molecule has 2 aliphatic rings. The average Bonchev–Trinajstić information content (AvgIpc) is 3.75. The Morgan fingerprint density at radius 3 is 2.03 bits per heavy atom. The number of aliphatic hydroxyl groups excluding tert-OH is 2. The predicted molar refractivity (Wildman–Crippen MR) is 138 cm³/mol. The van der Waals surface area contributed by atoms with E-state index in [0.717, 1.165) is 12.8 Å². The number of imidazole rings is 2. The van der Waals surface area contributed by atoms with Crippen LogP contribution in [0.3, 0.4) is 0 Å². The Bertz CT molecular complexity index is 1460. The van der Waals surface area contributed by atoms with E-state index < -0.39 is 18.5 Å². The number of aromatic nitrogens is 8. The Labute approximate surface area is 221 Å². The topological polar surface area (TPSA) is 170 Å². The van der Waals surface area contributed by atoms with E-state index >= 15 is 0 Å². The zero-order chi connectivity index (χ0) is 26.8. The predicted octanol–water partition coefficient (Wildman–Crippen LogP) is 1.33. The van der Waals surface area contributed by atoms with Gasteiger partial charge in [-0.15, -0.1) is 0 Å². The monoisotopic (exact) mass is 540 g/mol. The van der Waals surface area contributed by atoms with Crippen molar-refractivity contribution in [2.45, 2.75) is 50.1 Å². The molecule has 0 amide bonds. The Morgan fingerprint density at radius 1 is 0.821 bits per heavy atom. The molecule has 4 N–H and O–H groups in total. The summed E-state index contributed by atoms with van der Waals surface area (Å²) < 4.78 is 29.3. The first-order valence-corrected chi connectivity index (χ1v) is 12.8. The van der Waals surface area contributed by atoms with Gasteiger partial charge in [0.15, 0.2) is 40.2 Å². The standard InChI is InChI=1S/C24H29FN10O4/c25-16-7-15(9-37)39-24(16)35-13-33-19-21(29-11-31-23(19)35)27-6-2-1-5-26-20-18-22(30-10-28-20)34(12-32-18)17-4-3-14(8-36)38-17/h1-2,10-17,24,36-37H,3-9H2,(H,26,28,30)(H,27,29,31)/b2-1+/t14-,15-,16+,17+,24+/m0/s1. The molecule has 2 aliphatic heterocycles. The lowest BCUT2D eigenvalue weighted by atomic mass is 10.2. The molecule has 0 unspecified atom stereocenters. The molecule has 6 rings (SSSR count). The van der Waals surface area contributed by atoms with E-state index in [1.165, 1.54) is 23.5 Å². The maximum absolute atomic E-state index is 14.5. The number of hydrogen-bond acceptors (Lipinski definition) is 12. The molecule has 5 atom stereocenters. The Morgan fingerprint density at radius 2 is 1.44 bits per heavy atom. The Balaban J connectivity index is 1.06. The van der Waals surface area contributed by atoms with E-state index in [1.807, 2.05) is 16.7 Å². The van der Waals surface area contributed by atoms with Gasteiger partial charge in [-0.3, -0.25) is 9.13 Å². The van der Waals surface area contributed by atoms with E-state index in [1.54, 1.807) is 6.33 Å². The summed E-state index contributed by atoms with van der Waals surface area (Å²) in [5.74, 6) is 1.13. The van der Waals surface area contributed by atoms with Gasteiger partial charge in [-0.1, -0.05) is 12.2 Å². The maximum atomic E-state index is 14.5. The first-order valence-electron chi connectivity index (χ1n) is 12.8. The fourth-order valence-electron chi connectivity index (χ4n) is 4.93. The second kappa shape index (κ2) is 11.1. The normalized spacial score (nSPS) is 25.4. The molecule has 4 aromatic rings. The molecule has 0 radical (unpaired) electrons. The van der Waals surface area contributed by atoms with Crippen LogP contribution in [0.15, 0.2) is 37.5 Å². The molecule has 206 valence electrons. The van der Waals surface area contributed by atoms with E-state index in [4.69, 9.17) is 9.47 Å². The highest BCUT2D eigenvalue weighted by Crippen LogP contribution is 2.34. The number of halogens is 1. The van der Waals surface area contributed by atoms with Gasteiger partial charge in [-0.25, -0.2) is 34.3 Å². The van der Waals surface area contributed by atoms with E-state index in [2.05, 4.69) is 40.5 Å². The first-order chi connectivity index (χ1) is 19.2. The molecular weight excluding hydrogens is 511 g/mol. The van der Waals surface area contributed by atoms with Crippen LogP contribution in [-0.2, 0) is 9.47 Å². The van der Waals surface area contributed by atoms with Gasteiger partial charge in [-0.2, -0.15) is 0 Å². The SMILES string of the molecule is OC[C@@H]1C[C@@H](F)[C@H](n2cnc3c(NC/C=C/CNc4ncnc5c4ncn5[C@H]4CC[C@@H](CO)O4)ncnc32)O1. The third-order valence-electron chi connectivity index (χ3n) is 6.87. The molecule has 15 heteroatoms. The highest BCUT2D eigenvalue weighted by Gasteiger charge is 2.37. The van der Waals surface area contributed by atoms with Gasteiger partial charge in [0.1, 0.15) is 25.1 Å². The fraction of sp³-hybridized carbons (Fsp3) is 0.500. The zero-order valence-corrected chi connectivity index (χ0v) is 21.0. The van der Waals surface area contributed by atoms with Crippen molar-refractivity contribution in [1.82, 2.24) is 39.0 Å². The minimum atomic E-state index is -1.26. The summed E-state index contributed by atoms with van der Waals surface area (Å²) in [5.41, 5.74) is 2.27. The van der Waals surface area contributed by atoms with Gasteiger partial charge in [-0.05, 0) is 12.8 Å². The summed E-state index contributed by atoms with van der Waals surface area (Å²) in [6, 6.07) is 0. The molecule has 0 spiro atoms. The summed E-state index contributed by atoms with van der Waals surface area (Å²) in [6.07, 6.45) is 8.55. The lowest BCUT2D eigenvalue weighted by Gasteiger charge is -2.15. The number of nitrogens with one attached hydrogen (secondary N) is 2. The second-order valence-corrected chi connectivity index (χ2v) is 9.38. The first kappa shape index (κ1) is 25.5. The number of rotatable bonds is 10. The van der Waals surface area contributed by atoms with Gasteiger partial charge >= 0.3 is 0 Å². The van der Waals surface area contributed by atoms with Crippen molar-refractivity contribution in [2.75, 3.05) is 36.9 Å². The van der Waals surface area contributed by atoms with Crippen molar-refractivity contribution in [1.29, 1.82) is 0 Å². The van der Waals surface area contributed by atoms with Crippen LogP contribution >= 0.6 is 0 Å². The lowest BCUT2D eigenvalue weighted by Crippen LogP contribution is -2.17. The molecular formula is C24H29FN10O4. The highest BCUT2D eigenvalue weighted by atomic mass is 19.1. The summed E-state index contributed by atoms with van der Waals surface area (Å²) >= 11 is 0. The second-order valence-electron chi connectivity index (χ2n) is 9.38. The molecule has 0 bridgehead atoms. The molecule has 2 saturated heterocycles. The molecule has 39 heavy (non-hydrogen) atoms. The molecule has 0 aliphatic carbocycles. The van der Waals surface area contributed by atoms with Gasteiger partial charge < -0.3 is 30.3 Å². The highest BCUT2D eigenvalue weighted by molar-refractivity contribution is 5.83. The average molecular weight is 541 g/mol. The zero-order valence-electron chi connectivity index (χ0n) is 21.0. The summed E-state index contributed by atoms with van der Waals surface area (Å²) in [5, 5.41) is 25.1. The van der Waals surface area contributed by atoms with E-state index in [9.17, 15) is 14.6 Å². The Kier molecular flexibility index (Phi) is 7.28. The van der Waals surface area contributed by atoms with E-state index in [0.29, 0.717) is 47.1 Å². The molecule has 14 nitrogen and oxygen atoms in total. The van der Waals surface area contributed by atoms with Crippen LogP contribution in [0.2, 0.25) is 0 Å². The largest absolute Gasteiger partial charge is 0.394 e. The minimum Gasteiger partial charge on any atom is -0.394 e. The van der Waals surface area contributed by atoms with Crippen LogP contribution in [0.1, 0.15) is 31.7 Å². The lowest BCUT2D eigenvalue weighted by molar-refractivity contribution is -0.0351. The number of anilines is 2. The minimum absolute atomic E-state index is 0.00172. The third kappa shape index (κ3) is 5.01.